The van der Waals surface area contributed by atoms with Crippen LogP contribution in [-0.4, -0.2) is 29.6 Å². The van der Waals surface area contributed by atoms with Gasteiger partial charge in [-0.05, 0) is 58.2 Å². The van der Waals surface area contributed by atoms with Crippen LogP contribution in [-0.2, 0) is 6.54 Å². The fourth-order valence-corrected chi connectivity index (χ4v) is 2.52. The summed E-state index contributed by atoms with van der Waals surface area (Å²) in [5, 5.41) is 3.18. The van der Waals surface area contributed by atoms with Crippen molar-refractivity contribution in [3.05, 3.63) is 23.4 Å². The number of nitrogens with two attached hydrogens (primary N) is 1. The first-order valence-electron chi connectivity index (χ1n) is 7.64. The van der Waals surface area contributed by atoms with Crippen molar-refractivity contribution in [2.24, 2.45) is 10.7 Å². The molecular formula is C16H28IN5. The van der Waals surface area contributed by atoms with Crippen molar-refractivity contribution < 1.29 is 0 Å². The number of anilines is 1. The minimum Gasteiger partial charge on any atom is -0.370 e. The van der Waals surface area contributed by atoms with Gasteiger partial charge < -0.3 is 16.0 Å². The molecular weight excluding hydrogens is 389 g/mol. The molecule has 1 saturated heterocycles. The number of aromatic nitrogens is 1. The average molecular weight is 417 g/mol. The van der Waals surface area contributed by atoms with Gasteiger partial charge in [0, 0.05) is 24.3 Å². The van der Waals surface area contributed by atoms with E-state index in [0.717, 1.165) is 30.2 Å². The molecule has 0 aromatic carbocycles. The maximum absolute atomic E-state index is 5.92. The predicted octanol–water partition coefficient (Wildman–Crippen LogP) is 2.81. The predicted molar refractivity (Wildman–Crippen MR) is 104 cm³/mol. The Labute approximate surface area is 150 Å². The highest BCUT2D eigenvalue weighted by molar-refractivity contribution is 14.0. The van der Waals surface area contributed by atoms with Gasteiger partial charge in [0.2, 0.25) is 0 Å². The molecule has 0 unspecified atom stereocenters. The highest BCUT2D eigenvalue weighted by atomic mass is 127. The number of pyridine rings is 1. The molecule has 6 heteroatoms. The molecule has 1 aromatic heterocycles. The summed E-state index contributed by atoms with van der Waals surface area (Å²) in [7, 11) is 0. The molecule has 22 heavy (non-hydrogen) atoms. The first-order valence-corrected chi connectivity index (χ1v) is 7.64. The maximum atomic E-state index is 5.92. The van der Waals surface area contributed by atoms with Crippen LogP contribution in [0.3, 0.4) is 0 Å². The zero-order chi connectivity index (χ0) is 15.5. The molecule has 0 spiro atoms. The van der Waals surface area contributed by atoms with Gasteiger partial charge >= 0.3 is 0 Å². The molecule has 0 bridgehead atoms. The van der Waals surface area contributed by atoms with E-state index in [-0.39, 0.29) is 29.5 Å². The number of aryl methyl sites for hydroxylation is 1. The molecule has 1 aliphatic rings. The number of halogens is 1. The zero-order valence-corrected chi connectivity index (χ0v) is 16.3. The number of nitrogens with one attached hydrogen (secondary N) is 1. The van der Waals surface area contributed by atoms with Gasteiger partial charge in [0.1, 0.15) is 5.82 Å². The van der Waals surface area contributed by atoms with Crippen LogP contribution < -0.4 is 16.0 Å². The highest BCUT2D eigenvalue weighted by Gasteiger charge is 2.14. The Hall–Kier alpha value is -1.05. The van der Waals surface area contributed by atoms with E-state index in [4.69, 9.17) is 5.73 Å². The first-order chi connectivity index (χ1) is 9.83. The lowest BCUT2D eigenvalue weighted by atomic mass is 10.1. The Morgan fingerprint density at radius 1 is 1.32 bits per heavy atom. The molecule has 1 aromatic rings. The number of rotatable bonds is 3. The third kappa shape index (κ3) is 5.98. The van der Waals surface area contributed by atoms with Crippen LogP contribution in [0.2, 0.25) is 0 Å². The van der Waals surface area contributed by atoms with Gasteiger partial charge in [0.05, 0.1) is 6.54 Å². The van der Waals surface area contributed by atoms with Crippen molar-refractivity contribution in [1.82, 2.24) is 10.3 Å². The maximum Gasteiger partial charge on any atom is 0.189 e. The zero-order valence-electron chi connectivity index (χ0n) is 14.0. The average Bonchev–Trinajstić information content (AvgIpc) is 2.87. The Bertz CT molecular complexity index is 516. The van der Waals surface area contributed by atoms with Crippen LogP contribution in [0.5, 0.6) is 0 Å². The fraction of sp³-hybridized carbons (Fsp3) is 0.625. The summed E-state index contributed by atoms with van der Waals surface area (Å²) >= 11 is 0. The summed E-state index contributed by atoms with van der Waals surface area (Å²) < 4.78 is 0. The summed E-state index contributed by atoms with van der Waals surface area (Å²) in [5.41, 5.74) is 8.04. The third-order valence-electron chi connectivity index (χ3n) is 3.36. The van der Waals surface area contributed by atoms with Crippen LogP contribution in [0, 0.1) is 6.92 Å². The van der Waals surface area contributed by atoms with Crippen LogP contribution in [0.1, 0.15) is 44.9 Å². The fourth-order valence-electron chi connectivity index (χ4n) is 2.52. The summed E-state index contributed by atoms with van der Waals surface area (Å²) in [6, 6.07) is 4.21. The Kier molecular flexibility index (Phi) is 6.90. The van der Waals surface area contributed by atoms with Crippen molar-refractivity contribution in [2.75, 3.05) is 18.0 Å². The molecule has 0 aliphatic carbocycles. The second kappa shape index (κ2) is 7.99. The van der Waals surface area contributed by atoms with Gasteiger partial charge in [-0.25, -0.2) is 9.98 Å². The van der Waals surface area contributed by atoms with E-state index in [2.05, 4.69) is 53.1 Å². The van der Waals surface area contributed by atoms with Gasteiger partial charge in [-0.2, -0.15) is 0 Å². The lowest BCUT2D eigenvalue weighted by molar-refractivity contribution is 0.508. The SMILES string of the molecule is Cc1cc(CN=C(N)NC(C)(C)C)cc(N2CCCC2)n1.I. The van der Waals surface area contributed by atoms with Gasteiger partial charge in [-0.1, -0.05) is 0 Å². The van der Waals surface area contributed by atoms with E-state index in [1.54, 1.807) is 0 Å². The normalized spacial score (nSPS) is 15.6. The van der Waals surface area contributed by atoms with Gasteiger partial charge in [-0.15, -0.1) is 24.0 Å². The second-order valence-corrected chi connectivity index (χ2v) is 6.75. The number of hydrogen-bond acceptors (Lipinski definition) is 3. The number of guanidine groups is 1. The molecule has 2 heterocycles. The van der Waals surface area contributed by atoms with Crippen molar-refractivity contribution in [3.8, 4) is 0 Å². The van der Waals surface area contributed by atoms with E-state index in [0.29, 0.717) is 12.5 Å². The van der Waals surface area contributed by atoms with Crippen molar-refractivity contribution >= 4 is 35.8 Å². The van der Waals surface area contributed by atoms with Crippen molar-refractivity contribution in [2.45, 2.75) is 52.6 Å². The lowest BCUT2D eigenvalue weighted by Gasteiger charge is -2.21. The smallest absolute Gasteiger partial charge is 0.189 e. The minimum absolute atomic E-state index is 0. The minimum atomic E-state index is -0.0670. The molecule has 5 nitrogen and oxygen atoms in total. The lowest BCUT2D eigenvalue weighted by Crippen LogP contribution is -2.44. The molecule has 0 radical (unpaired) electrons. The second-order valence-electron chi connectivity index (χ2n) is 6.75. The first kappa shape index (κ1) is 19.0. The van der Waals surface area contributed by atoms with E-state index in [1.165, 1.54) is 12.8 Å². The molecule has 2 rings (SSSR count). The van der Waals surface area contributed by atoms with Crippen LogP contribution in [0.4, 0.5) is 5.82 Å². The van der Waals surface area contributed by atoms with Crippen LogP contribution in [0.25, 0.3) is 0 Å². The van der Waals surface area contributed by atoms with Gasteiger partial charge in [0.15, 0.2) is 5.96 Å². The molecule has 3 N–H and O–H groups in total. The number of nitrogens with zero attached hydrogens (tertiary/aromatic N) is 3. The highest BCUT2D eigenvalue weighted by Crippen LogP contribution is 2.20. The summed E-state index contributed by atoms with van der Waals surface area (Å²) in [6.45, 7) is 11.0. The van der Waals surface area contributed by atoms with E-state index < -0.39 is 0 Å². The van der Waals surface area contributed by atoms with Gasteiger partial charge in [-0.3, -0.25) is 0 Å². The Morgan fingerprint density at radius 3 is 2.55 bits per heavy atom. The number of aliphatic imine (C=N–C) groups is 1. The molecule has 0 amide bonds. The van der Waals surface area contributed by atoms with Crippen molar-refractivity contribution in [3.63, 3.8) is 0 Å². The monoisotopic (exact) mass is 417 g/mol. The topological polar surface area (TPSA) is 66.5 Å². The molecule has 1 aliphatic heterocycles. The quantitative estimate of drug-likeness (QED) is 0.451. The standard InChI is InChI=1S/C16H27N5.HI/c1-12-9-13(11-18-15(17)20-16(2,3)4)10-14(19-12)21-7-5-6-8-21;/h9-10H,5-8,11H2,1-4H3,(H3,17,18,20);1H. The third-order valence-corrected chi connectivity index (χ3v) is 3.36. The Balaban J connectivity index is 0.00000242. The molecule has 0 atom stereocenters. The largest absolute Gasteiger partial charge is 0.370 e. The molecule has 0 saturated carbocycles. The summed E-state index contributed by atoms with van der Waals surface area (Å²) in [4.78, 5) is 11.4. The van der Waals surface area contributed by atoms with E-state index in [1.807, 2.05) is 6.92 Å². The number of hydrogen-bond donors (Lipinski definition) is 2. The summed E-state index contributed by atoms with van der Waals surface area (Å²) in [6.07, 6.45) is 2.51. The van der Waals surface area contributed by atoms with E-state index in [9.17, 15) is 0 Å². The molecule has 124 valence electrons. The van der Waals surface area contributed by atoms with Gasteiger partial charge in [0.25, 0.3) is 0 Å². The van der Waals surface area contributed by atoms with Crippen LogP contribution >= 0.6 is 24.0 Å². The van der Waals surface area contributed by atoms with E-state index >= 15 is 0 Å². The summed E-state index contributed by atoms with van der Waals surface area (Å²) in [5.74, 6) is 1.56. The van der Waals surface area contributed by atoms with Crippen LogP contribution in [0.15, 0.2) is 17.1 Å². The van der Waals surface area contributed by atoms with Crippen molar-refractivity contribution in [1.29, 1.82) is 0 Å². The Morgan fingerprint density at radius 2 is 1.95 bits per heavy atom. The molecule has 1 fully saturated rings.